The summed E-state index contributed by atoms with van der Waals surface area (Å²) in [5.74, 6) is -4.05. The van der Waals surface area contributed by atoms with E-state index in [1.807, 2.05) is 0 Å². The number of nitrogens with zero attached hydrogens (tertiary/aromatic N) is 4. The van der Waals surface area contributed by atoms with Gasteiger partial charge in [0.1, 0.15) is 17.5 Å². The quantitative estimate of drug-likeness (QED) is 0.259. The van der Waals surface area contributed by atoms with Crippen LogP contribution in [0, 0.1) is 11.6 Å². The molecule has 2 aromatic heterocycles. The second-order valence-electron chi connectivity index (χ2n) is 8.65. The van der Waals surface area contributed by atoms with Crippen molar-refractivity contribution in [3.63, 3.8) is 0 Å². The lowest BCUT2D eigenvalue weighted by atomic mass is 10.0. The smallest absolute Gasteiger partial charge is 0.366 e. The van der Waals surface area contributed by atoms with Crippen molar-refractivity contribution in [2.45, 2.75) is 6.18 Å². The van der Waals surface area contributed by atoms with Crippen molar-refractivity contribution in [1.29, 1.82) is 0 Å². The minimum atomic E-state index is -4.95. The fraction of sp³-hybridized carbons (Fsp3) is 0.0357. The predicted molar refractivity (Wildman–Crippen MR) is 138 cm³/mol. The van der Waals surface area contributed by atoms with Crippen LogP contribution < -0.4 is 11.1 Å². The number of halogens is 5. The highest BCUT2D eigenvalue weighted by Crippen LogP contribution is 2.37. The Morgan fingerprint density at radius 2 is 1.54 bits per heavy atom. The average molecular weight is 564 g/mol. The van der Waals surface area contributed by atoms with Gasteiger partial charge < -0.3 is 11.1 Å². The highest BCUT2D eigenvalue weighted by Gasteiger charge is 2.36. The van der Waals surface area contributed by atoms with Crippen molar-refractivity contribution in [3.8, 4) is 28.3 Å². The van der Waals surface area contributed by atoms with Gasteiger partial charge in [0.2, 0.25) is 5.91 Å². The Balaban J connectivity index is 1.58. The molecule has 0 radical (unpaired) electrons. The molecule has 3 N–H and O–H groups in total. The number of anilines is 1. The number of hydrogen-bond acceptors (Lipinski definition) is 5. The van der Waals surface area contributed by atoms with Crippen molar-refractivity contribution in [2.24, 2.45) is 5.73 Å². The van der Waals surface area contributed by atoms with Crippen molar-refractivity contribution >= 4 is 17.6 Å². The van der Waals surface area contributed by atoms with Crippen LogP contribution in [-0.2, 0) is 6.18 Å². The molecular weight excluding hydrogens is 547 g/mol. The van der Waals surface area contributed by atoms with Gasteiger partial charge in [0.15, 0.2) is 5.82 Å². The Hall–Kier alpha value is -5.46. The number of aromatic nitrogens is 4. The van der Waals surface area contributed by atoms with Crippen molar-refractivity contribution < 1.29 is 31.5 Å². The predicted octanol–water partition coefficient (Wildman–Crippen LogP) is 5.64. The largest absolute Gasteiger partial charge is 0.417 e. The number of carbonyl (C=O) groups excluding carboxylic acids is 2. The molecule has 13 heteroatoms. The standard InChI is InChI=1S/C28H17F5N6O2/c29-17-6-8-18(9-7-17)39-24(14-23(38-39)15-2-4-16(5-3-15)25(34)40)37-27(41)20-12-19(26-35-10-1-11-36-26)21(13-22(20)30)28(31,32)33/h1-14H,(H2,34,40)(H,37,41). The lowest BCUT2D eigenvalue weighted by Crippen LogP contribution is -2.18. The third-order valence-corrected chi connectivity index (χ3v) is 5.95. The van der Waals surface area contributed by atoms with Crippen LogP contribution in [0.3, 0.4) is 0 Å². The second kappa shape index (κ2) is 10.6. The summed E-state index contributed by atoms with van der Waals surface area (Å²) >= 11 is 0. The lowest BCUT2D eigenvalue weighted by molar-refractivity contribution is -0.137. The molecule has 2 amide bonds. The molecule has 3 aromatic carbocycles. The number of alkyl halides is 3. The number of primary amides is 1. The van der Waals surface area contributed by atoms with Crippen LogP contribution in [0.5, 0.6) is 0 Å². The first-order valence-electron chi connectivity index (χ1n) is 11.8. The van der Waals surface area contributed by atoms with E-state index in [1.54, 1.807) is 12.1 Å². The van der Waals surface area contributed by atoms with Crippen molar-refractivity contribution in [2.75, 3.05) is 5.32 Å². The molecule has 0 fully saturated rings. The van der Waals surface area contributed by atoms with Crippen LogP contribution in [0.25, 0.3) is 28.3 Å². The van der Waals surface area contributed by atoms with Gasteiger partial charge in [-0.3, -0.25) is 9.59 Å². The summed E-state index contributed by atoms with van der Waals surface area (Å²) in [4.78, 5) is 32.3. The summed E-state index contributed by atoms with van der Waals surface area (Å²) in [6, 6.07) is 14.9. The van der Waals surface area contributed by atoms with E-state index in [9.17, 15) is 31.5 Å². The van der Waals surface area contributed by atoms with Gasteiger partial charge in [0.25, 0.3) is 5.91 Å². The van der Waals surface area contributed by atoms with E-state index >= 15 is 0 Å². The summed E-state index contributed by atoms with van der Waals surface area (Å²) in [7, 11) is 0. The maximum absolute atomic E-state index is 15.0. The van der Waals surface area contributed by atoms with E-state index in [1.165, 1.54) is 53.5 Å². The number of nitrogens with one attached hydrogen (secondary N) is 1. The summed E-state index contributed by atoms with van der Waals surface area (Å²) < 4.78 is 70.9. The van der Waals surface area contributed by atoms with Crippen LogP contribution in [0.15, 0.2) is 85.2 Å². The first-order valence-corrected chi connectivity index (χ1v) is 11.8. The van der Waals surface area contributed by atoms with E-state index in [0.29, 0.717) is 16.9 Å². The fourth-order valence-electron chi connectivity index (χ4n) is 3.98. The molecule has 5 aromatic rings. The van der Waals surface area contributed by atoms with E-state index in [0.717, 1.165) is 18.2 Å². The maximum atomic E-state index is 15.0. The Morgan fingerprint density at radius 3 is 2.15 bits per heavy atom. The van der Waals surface area contributed by atoms with Gasteiger partial charge in [-0.2, -0.15) is 18.3 Å². The number of carbonyl (C=O) groups is 2. The molecule has 5 rings (SSSR count). The van der Waals surface area contributed by atoms with Crippen LogP contribution in [0.4, 0.5) is 27.8 Å². The minimum absolute atomic E-state index is 0.00704. The molecule has 2 heterocycles. The maximum Gasteiger partial charge on any atom is 0.417 e. The molecule has 8 nitrogen and oxygen atoms in total. The van der Waals surface area contributed by atoms with Crippen LogP contribution in [0.2, 0.25) is 0 Å². The first-order chi connectivity index (χ1) is 19.5. The number of rotatable bonds is 6. The second-order valence-corrected chi connectivity index (χ2v) is 8.65. The lowest BCUT2D eigenvalue weighted by Gasteiger charge is -2.15. The van der Waals surface area contributed by atoms with Gasteiger partial charge in [-0.05, 0) is 54.6 Å². The zero-order chi connectivity index (χ0) is 29.3. The topological polar surface area (TPSA) is 116 Å². The van der Waals surface area contributed by atoms with E-state index < -0.39 is 46.3 Å². The summed E-state index contributed by atoms with van der Waals surface area (Å²) in [5.41, 5.74) is 4.00. The normalized spacial score (nSPS) is 11.3. The monoisotopic (exact) mass is 564 g/mol. The van der Waals surface area contributed by atoms with E-state index in [2.05, 4.69) is 20.4 Å². The molecule has 0 aliphatic heterocycles. The molecule has 41 heavy (non-hydrogen) atoms. The van der Waals surface area contributed by atoms with Crippen LogP contribution in [-0.4, -0.2) is 31.6 Å². The molecule has 0 aliphatic rings. The molecule has 0 saturated heterocycles. The van der Waals surface area contributed by atoms with Crippen molar-refractivity contribution in [3.05, 3.63) is 114 Å². The zero-order valence-electron chi connectivity index (χ0n) is 20.7. The molecule has 0 saturated carbocycles. The highest BCUT2D eigenvalue weighted by molar-refractivity contribution is 6.05. The van der Waals surface area contributed by atoms with Gasteiger partial charge >= 0.3 is 6.18 Å². The molecule has 0 unspecified atom stereocenters. The highest BCUT2D eigenvalue weighted by atomic mass is 19.4. The number of hydrogen-bond donors (Lipinski definition) is 2. The minimum Gasteiger partial charge on any atom is -0.366 e. The fourth-order valence-corrected chi connectivity index (χ4v) is 3.98. The zero-order valence-corrected chi connectivity index (χ0v) is 20.7. The first kappa shape index (κ1) is 27.1. The van der Waals surface area contributed by atoms with Gasteiger partial charge in [-0.15, -0.1) is 0 Å². The van der Waals surface area contributed by atoms with E-state index in [-0.39, 0.29) is 23.3 Å². The Bertz CT molecular complexity index is 1750. The van der Waals surface area contributed by atoms with Crippen LogP contribution >= 0.6 is 0 Å². The molecular formula is C28H17F5N6O2. The summed E-state index contributed by atoms with van der Waals surface area (Å²) in [6.07, 6.45) is -2.53. The Labute approximate surface area is 228 Å². The van der Waals surface area contributed by atoms with E-state index in [4.69, 9.17) is 5.73 Å². The summed E-state index contributed by atoms with van der Waals surface area (Å²) in [6.45, 7) is 0. The Kier molecular flexibility index (Phi) is 7.01. The molecule has 0 atom stereocenters. The van der Waals surface area contributed by atoms with Gasteiger partial charge in [-0.1, -0.05) is 12.1 Å². The number of amides is 2. The number of nitrogens with two attached hydrogens (primary N) is 1. The third-order valence-electron chi connectivity index (χ3n) is 5.95. The molecule has 0 bridgehead atoms. The summed E-state index contributed by atoms with van der Waals surface area (Å²) in [5, 5.41) is 6.91. The SMILES string of the molecule is NC(=O)c1ccc(-c2cc(NC(=O)c3cc(-c4ncccn4)c(C(F)(F)F)cc3F)n(-c3ccc(F)cc3)n2)cc1. The molecule has 206 valence electrons. The van der Waals surface area contributed by atoms with Gasteiger partial charge in [0, 0.05) is 35.2 Å². The van der Waals surface area contributed by atoms with Crippen molar-refractivity contribution in [1.82, 2.24) is 19.7 Å². The number of benzene rings is 3. The van der Waals surface area contributed by atoms with Gasteiger partial charge in [-0.25, -0.2) is 23.4 Å². The van der Waals surface area contributed by atoms with Crippen LogP contribution in [0.1, 0.15) is 26.3 Å². The average Bonchev–Trinajstić information content (AvgIpc) is 3.36. The van der Waals surface area contributed by atoms with Gasteiger partial charge in [0.05, 0.1) is 22.5 Å². The molecule has 0 aliphatic carbocycles. The third kappa shape index (κ3) is 5.64. The Morgan fingerprint density at radius 1 is 0.878 bits per heavy atom. The molecule has 0 spiro atoms.